The lowest BCUT2D eigenvalue weighted by Crippen LogP contribution is -2.16. The molecular formula is C47H33NO. The van der Waals surface area contributed by atoms with Gasteiger partial charge in [-0.15, -0.1) is 0 Å². The van der Waals surface area contributed by atoms with Gasteiger partial charge in [0.1, 0.15) is 11.2 Å². The van der Waals surface area contributed by atoms with Crippen molar-refractivity contribution in [1.29, 1.82) is 0 Å². The molecule has 1 aromatic heterocycles. The lowest BCUT2D eigenvalue weighted by molar-refractivity contribution is 0.660. The number of furan rings is 1. The number of para-hydroxylation sites is 2. The minimum atomic E-state index is -0.114. The maximum Gasteiger partial charge on any atom is 0.136 e. The highest BCUT2D eigenvalue weighted by Crippen LogP contribution is 2.51. The first-order valence-corrected chi connectivity index (χ1v) is 17.0. The van der Waals surface area contributed by atoms with Gasteiger partial charge in [-0.3, -0.25) is 0 Å². The molecule has 0 atom stereocenters. The maximum absolute atomic E-state index is 6.33. The van der Waals surface area contributed by atoms with Crippen LogP contribution in [0, 0.1) is 0 Å². The molecular weight excluding hydrogens is 595 g/mol. The molecule has 0 aliphatic heterocycles. The number of benzene rings is 8. The Balaban J connectivity index is 1.24. The number of nitrogens with zero attached hydrogens (tertiary/aromatic N) is 1. The van der Waals surface area contributed by atoms with Crippen LogP contribution in [-0.4, -0.2) is 0 Å². The fourth-order valence-corrected chi connectivity index (χ4v) is 8.20. The Morgan fingerprint density at radius 1 is 0.449 bits per heavy atom. The Morgan fingerprint density at radius 2 is 1.12 bits per heavy atom. The first-order valence-electron chi connectivity index (χ1n) is 17.0. The predicted octanol–water partition coefficient (Wildman–Crippen LogP) is 13.3. The summed E-state index contributed by atoms with van der Waals surface area (Å²) in [5.74, 6) is 0. The molecule has 0 amide bonds. The lowest BCUT2D eigenvalue weighted by atomic mass is 9.82. The fourth-order valence-electron chi connectivity index (χ4n) is 8.20. The maximum atomic E-state index is 6.33. The minimum Gasteiger partial charge on any atom is -0.456 e. The molecule has 0 spiro atoms. The fraction of sp³-hybridized carbons (Fsp3) is 0.0638. The van der Waals surface area contributed by atoms with E-state index in [0.717, 1.165) is 39.0 Å². The molecule has 9 aromatic rings. The average Bonchev–Trinajstić information content (AvgIpc) is 3.64. The van der Waals surface area contributed by atoms with Crippen molar-refractivity contribution in [2.24, 2.45) is 0 Å². The van der Waals surface area contributed by atoms with E-state index in [1.807, 2.05) is 6.07 Å². The second-order valence-corrected chi connectivity index (χ2v) is 13.8. The van der Waals surface area contributed by atoms with Crippen LogP contribution in [0.5, 0.6) is 0 Å². The van der Waals surface area contributed by atoms with Gasteiger partial charge in [0.2, 0.25) is 0 Å². The Kier molecular flexibility index (Phi) is 5.95. The molecule has 0 bridgehead atoms. The van der Waals surface area contributed by atoms with Crippen molar-refractivity contribution < 1.29 is 4.42 Å². The van der Waals surface area contributed by atoms with Gasteiger partial charge in [0.15, 0.2) is 0 Å². The number of hydrogen-bond acceptors (Lipinski definition) is 2. The van der Waals surface area contributed by atoms with Gasteiger partial charge >= 0.3 is 0 Å². The van der Waals surface area contributed by atoms with Gasteiger partial charge in [0, 0.05) is 33.1 Å². The van der Waals surface area contributed by atoms with Crippen LogP contribution in [0.15, 0.2) is 168 Å². The van der Waals surface area contributed by atoms with Crippen molar-refractivity contribution in [3.8, 4) is 22.3 Å². The van der Waals surface area contributed by atoms with Gasteiger partial charge in [0.25, 0.3) is 0 Å². The summed E-state index contributed by atoms with van der Waals surface area (Å²) in [6.07, 6.45) is 0. The number of hydrogen-bond donors (Lipinski definition) is 0. The number of rotatable bonds is 4. The standard InChI is InChI=1S/C47H33NO/c1-47(2)41-16-8-5-14-37(41)38-25-24-35(29-42(38)47)48(43-17-9-6-13-36(43)33-20-19-30-11-3-4-12-32(30)27-33)34-23-21-31-22-26-45-46(40(31)28-34)39-15-7-10-18-44(39)49-45/h3-29H,1-2H3. The summed E-state index contributed by atoms with van der Waals surface area (Å²) in [5.41, 5.74) is 12.8. The van der Waals surface area contributed by atoms with Gasteiger partial charge in [-0.1, -0.05) is 129 Å². The molecule has 0 saturated carbocycles. The van der Waals surface area contributed by atoms with Crippen LogP contribution in [0.2, 0.25) is 0 Å². The molecule has 49 heavy (non-hydrogen) atoms. The van der Waals surface area contributed by atoms with Gasteiger partial charge in [0.05, 0.1) is 5.69 Å². The Morgan fingerprint density at radius 3 is 2.04 bits per heavy atom. The van der Waals surface area contributed by atoms with Crippen molar-refractivity contribution in [1.82, 2.24) is 0 Å². The third kappa shape index (κ3) is 4.20. The van der Waals surface area contributed by atoms with Crippen molar-refractivity contribution >= 4 is 60.5 Å². The van der Waals surface area contributed by atoms with Gasteiger partial charge in [-0.05, 0) is 97.9 Å². The Bertz CT molecular complexity index is 2770. The zero-order valence-electron chi connectivity index (χ0n) is 27.4. The van der Waals surface area contributed by atoms with Crippen LogP contribution < -0.4 is 4.90 Å². The predicted molar refractivity (Wildman–Crippen MR) is 206 cm³/mol. The molecule has 2 nitrogen and oxygen atoms in total. The van der Waals surface area contributed by atoms with Crippen molar-refractivity contribution in [3.05, 3.63) is 175 Å². The van der Waals surface area contributed by atoms with E-state index in [0.29, 0.717) is 0 Å². The summed E-state index contributed by atoms with van der Waals surface area (Å²) in [4.78, 5) is 2.45. The summed E-state index contributed by atoms with van der Waals surface area (Å²) in [6.45, 7) is 4.71. The van der Waals surface area contributed by atoms with E-state index < -0.39 is 0 Å². The van der Waals surface area contributed by atoms with E-state index in [9.17, 15) is 0 Å². The molecule has 0 saturated heterocycles. The van der Waals surface area contributed by atoms with E-state index in [2.05, 4.69) is 176 Å². The van der Waals surface area contributed by atoms with Crippen molar-refractivity contribution in [3.63, 3.8) is 0 Å². The zero-order chi connectivity index (χ0) is 32.7. The smallest absolute Gasteiger partial charge is 0.136 e. The largest absolute Gasteiger partial charge is 0.456 e. The molecule has 1 heterocycles. The summed E-state index contributed by atoms with van der Waals surface area (Å²) in [6, 6.07) is 59.6. The lowest BCUT2D eigenvalue weighted by Gasteiger charge is -2.30. The number of fused-ring (bicyclic) bond motifs is 9. The van der Waals surface area contributed by atoms with E-state index in [4.69, 9.17) is 4.42 Å². The monoisotopic (exact) mass is 627 g/mol. The molecule has 10 rings (SSSR count). The molecule has 1 aliphatic rings. The number of anilines is 3. The summed E-state index contributed by atoms with van der Waals surface area (Å²) in [5, 5.41) is 7.15. The van der Waals surface area contributed by atoms with Gasteiger partial charge < -0.3 is 9.32 Å². The molecule has 0 N–H and O–H groups in total. The summed E-state index contributed by atoms with van der Waals surface area (Å²) < 4.78 is 6.33. The second-order valence-electron chi connectivity index (χ2n) is 13.8. The van der Waals surface area contributed by atoms with Crippen LogP contribution in [0.1, 0.15) is 25.0 Å². The molecule has 232 valence electrons. The van der Waals surface area contributed by atoms with E-state index >= 15 is 0 Å². The Labute approximate surface area is 285 Å². The molecule has 0 fully saturated rings. The molecule has 1 aliphatic carbocycles. The quantitative estimate of drug-likeness (QED) is 0.193. The van der Waals surface area contributed by atoms with Gasteiger partial charge in [-0.2, -0.15) is 0 Å². The highest BCUT2D eigenvalue weighted by atomic mass is 16.3. The topological polar surface area (TPSA) is 16.4 Å². The highest BCUT2D eigenvalue weighted by Gasteiger charge is 2.36. The van der Waals surface area contributed by atoms with Crippen LogP contribution in [0.25, 0.3) is 65.7 Å². The van der Waals surface area contributed by atoms with Gasteiger partial charge in [-0.25, -0.2) is 0 Å². The minimum absolute atomic E-state index is 0.114. The summed E-state index contributed by atoms with van der Waals surface area (Å²) >= 11 is 0. The molecule has 0 radical (unpaired) electrons. The molecule has 8 aromatic carbocycles. The third-order valence-corrected chi connectivity index (χ3v) is 10.6. The summed E-state index contributed by atoms with van der Waals surface area (Å²) in [7, 11) is 0. The van der Waals surface area contributed by atoms with E-state index in [-0.39, 0.29) is 5.41 Å². The van der Waals surface area contributed by atoms with Crippen molar-refractivity contribution in [2.45, 2.75) is 19.3 Å². The van der Waals surface area contributed by atoms with Crippen molar-refractivity contribution in [2.75, 3.05) is 4.90 Å². The molecule has 0 unspecified atom stereocenters. The third-order valence-electron chi connectivity index (χ3n) is 10.6. The van der Waals surface area contributed by atoms with E-state index in [1.54, 1.807) is 0 Å². The first-order chi connectivity index (χ1) is 24.0. The molecule has 2 heteroatoms. The normalized spacial score (nSPS) is 13.3. The van der Waals surface area contributed by atoms with Crippen LogP contribution in [0.4, 0.5) is 17.1 Å². The van der Waals surface area contributed by atoms with Crippen LogP contribution >= 0.6 is 0 Å². The Hall–Kier alpha value is -6.12. The average molecular weight is 628 g/mol. The zero-order valence-corrected chi connectivity index (χ0v) is 27.4. The second kappa shape index (κ2) is 10.4. The highest BCUT2D eigenvalue weighted by molar-refractivity contribution is 6.19. The first kappa shape index (κ1) is 27.9. The SMILES string of the molecule is CC1(C)c2ccccc2-c2ccc(N(c3ccc4ccc5oc6ccccc6c5c4c3)c3ccccc3-c3ccc4ccccc4c3)cc21. The van der Waals surface area contributed by atoms with Crippen LogP contribution in [0.3, 0.4) is 0 Å². The van der Waals surface area contributed by atoms with Crippen LogP contribution in [-0.2, 0) is 5.41 Å². The van der Waals surface area contributed by atoms with E-state index in [1.165, 1.54) is 54.9 Å².